The van der Waals surface area contributed by atoms with Crippen LogP contribution < -0.4 is 5.73 Å². The highest BCUT2D eigenvalue weighted by Gasteiger charge is 2.20. The Morgan fingerprint density at radius 1 is 1.36 bits per heavy atom. The Balaban J connectivity index is 2.42. The van der Waals surface area contributed by atoms with E-state index in [-0.39, 0.29) is 0 Å². The molecule has 0 aliphatic heterocycles. The summed E-state index contributed by atoms with van der Waals surface area (Å²) in [6.07, 6.45) is 8.03. The maximum absolute atomic E-state index is 5.62. The second-order valence-electron chi connectivity index (χ2n) is 4.23. The molecule has 14 heavy (non-hydrogen) atoms. The lowest BCUT2D eigenvalue weighted by Gasteiger charge is -2.33. The first kappa shape index (κ1) is 11.9. The summed E-state index contributed by atoms with van der Waals surface area (Å²) < 4.78 is 0. The molecular weight excluding hydrogens is 192 g/mol. The number of hydrogen-bond donors (Lipinski definition) is 1. The van der Waals surface area contributed by atoms with Gasteiger partial charge >= 0.3 is 0 Å². The second-order valence-corrected chi connectivity index (χ2v) is 4.75. The molecule has 1 fully saturated rings. The largest absolute Gasteiger partial charge is 0.392 e. The summed E-state index contributed by atoms with van der Waals surface area (Å²) in [5.41, 5.74) is 5.62. The maximum atomic E-state index is 5.62. The summed E-state index contributed by atoms with van der Waals surface area (Å²) in [5, 5.41) is 0. The lowest BCUT2D eigenvalue weighted by atomic mass is 9.94. The standard InChI is InChI=1S/C11H22N2S/c1-2-8-13(9-11(12)14)10-6-4-3-5-7-10/h10H,2-9H2,1H3,(H2,12,14). The number of nitrogens with two attached hydrogens (primary N) is 1. The van der Waals surface area contributed by atoms with E-state index in [1.165, 1.54) is 38.5 Å². The lowest BCUT2D eigenvalue weighted by molar-refractivity contribution is 0.178. The van der Waals surface area contributed by atoms with E-state index in [0.29, 0.717) is 4.99 Å². The molecule has 1 saturated carbocycles. The van der Waals surface area contributed by atoms with Gasteiger partial charge in [-0.15, -0.1) is 0 Å². The van der Waals surface area contributed by atoms with Gasteiger partial charge in [0.2, 0.25) is 0 Å². The van der Waals surface area contributed by atoms with Crippen LogP contribution in [0.5, 0.6) is 0 Å². The fourth-order valence-corrected chi connectivity index (χ4v) is 2.49. The fourth-order valence-electron chi connectivity index (χ4n) is 2.32. The molecule has 0 heterocycles. The second kappa shape index (κ2) is 6.36. The van der Waals surface area contributed by atoms with Crippen LogP contribution in [0.2, 0.25) is 0 Å². The summed E-state index contributed by atoms with van der Waals surface area (Å²) in [7, 11) is 0. The van der Waals surface area contributed by atoms with Crippen LogP contribution in [0.3, 0.4) is 0 Å². The molecule has 0 radical (unpaired) electrons. The minimum Gasteiger partial charge on any atom is -0.392 e. The van der Waals surface area contributed by atoms with Gasteiger partial charge in [0.05, 0.1) is 4.99 Å². The Morgan fingerprint density at radius 2 is 2.00 bits per heavy atom. The summed E-state index contributed by atoms with van der Waals surface area (Å²) in [6, 6.07) is 0.741. The molecule has 1 aliphatic rings. The molecule has 0 atom stereocenters. The van der Waals surface area contributed by atoms with Crippen LogP contribution in [0, 0.1) is 0 Å². The van der Waals surface area contributed by atoms with Gasteiger partial charge in [-0.05, 0) is 25.8 Å². The first-order valence-electron chi connectivity index (χ1n) is 5.76. The van der Waals surface area contributed by atoms with E-state index < -0.39 is 0 Å². The molecule has 0 aromatic heterocycles. The Hall–Kier alpha value is -0.150. The average Bonchev–Trinajstić information content (AvgIpc) is 2.18. The lowest BCUT2D eigenvalue weighted by Crippen LogP contribution is -2.42. The highest BCUT2D eigenvalue weighted by atomic mass is 32.1. The van der Waals surface area contributed by atoms with Crippen LogP contribution in [0.1, 0.15) is 45.4 Å². The van der Waals surface area contributed by atoms with Crippen LogP contribution in [-0.4, -0.2) is 29.0 Å². The number of rotatable bonds is 5. The molecule has 0 aromatic carbocycles. The smallest absolute Gasteiger partial charge is 0.0870 e. The molecule has 0 bridgehead atoms. The molecular formula is C11H22N2S. The number of hydrogen-bond acceptors (Lipinski definition) is 2. The zero-order chi connectivity index (χ0) is 10.4. The molecule has 0 amide bonds. The van der Waals surface area contributed by atoms with E-state index >= 15 is 0 Å². The van der Waals surface area contributed by atoms with Gasteiger partial charge in [0.25, 0.3) is 0 Å². The van der Waals surface area contributed by atoms with Crippen LogP contribution in [-0.2, 0) is 0 Å². The first-order valence-corrected chi connectivity index (χ1v) is 6.17. The number of thiocarbonyl (C=S) groups is 1. The molecule has 2 N–H and O–H groups in total. The van der Waals surface area contributed by atoms with Crippen molar-refractivity contribution in [2.24, 2.45) is 5.73 Å². The Kier molecular flexibility index (Phi) is 5.41. The first-order chi connectivity index (χ1) is 6.74. The van der Waals surface area contributed by atoms with Crippen LogP contribution in [0.25, 0.3) is 0 Å². The van der Waals surface area contributed by atoms with Crippen molar-refractivity contribution in [3.8, 4) is 0 Å². The van der Waals surface area contributed by atoms with E-state index in [9.17, 15) is 0 Å². The molecule has 3 heteroatoms. The van der Waals surface area contributed by atoms with Gasteiger partial charge in [-0.2, -0.15) is 0 Å². The third kappa shape index (κ3) is 3.93. The van der Waals surface area contributed by atoms with E-state index in [2.05, 4.69) is 11.8 Å². The minimum atomic E-state index is 0.643. The monoisotopic (exact) mass is 214 g/mol. The molecule has 0 saturated heterocycles. The highest BCUT2D eigenvalue weighted by molar-refractivity contribution is 7.80. The van der Waals surface area contributed by atoms with Gasteiger partial charge in [0.1, 0.15) is 0 Å². The molecule has 0 spiro atoms. The molecule has 1 rings (SSSR count). The van der Waals surface area contributed by atoms with Gasteiger partial charge < -0.3 is 5.73 Å². The average molecular weight is 214 g/mol. The van der Waals surface area contributed by atoms with Gasteiger partial charge in [-0.3, -0.25) is 4.90 Å². The molecule has 82 valence electrons. The normalized spacial score (nSPS) is 18.7. The molecule has 1 aliphatic carbocycles. The summed E-state index contributed by atoms with van der Waals surface area (Å²) >= 11 is 4.99. The van der Waals surface area contributed by atoms with Gasteiger partial charge in [0, 0.05) is 12.6 Å². The third-order valence-electron chi connectivity index (χ3n) is 2.96. The predicted octanol–water partition coefficient (Wildman–Crippen LogP) is 2.32. The quantitative estimate of drug-likeness (QED) is 0.712. The Bertz CT molecular complexity index is 176. The van der Waals surface area contributed by atoms with E-state index in [1.807, 2.05) is 0 Å². The van der Waals surface area contributed by atoms with Gasteiger partial charge in [-0.1, -0.05) is 38.4 Å². The van der Waals surface area contributed by atoms with Crippen molar-refractivity contribution in [1.29, 1.82) is 0 Å². The van der Waals surface area contributed by atoms with Crippen LogP contribution in [0.4, 0.5) is 0 Å². The van der Waals surface area contributed by atoms with E-state index in [0.717, 1.165) is 19.1 Å². The SMILES string of the molecule is CCCN(CC(N)=S)C1CCCCC1. The minimum absolute atomic E-state index is 0.643. The maximum Gasteiger partial charge on any atom is 0.0870 e. The van der Waals surface area contributed by atoms with E-state index in [4.69, 9.17) is 18.0 Å². The predicted molar refractivity (Wildman–Crippen MR) is 65.5 cm³/mol. The van der Waals surface area contributed by atoms with Crippen molar-refractivity contribution >= 4 is 17.2 Å². The zero-order valence-corrected chi connectivity index (χ0v) is 9.98. The van der Waals surface area contributed by atoms with Crippen molar-refractivity contribution in [1.82, 2.24) is 4.90 Å². The zero-order valence-electron chi connectivity index (χ0n) is 9.17. The Labute approximate surface area is 92.8 Å². The summed E-state index contributed by atoms with van der Waals surface area (Å²) in [6.45, 7) is 4.17. The Morgan fingerprint density at radius 3 is 2.50 bits per heavy atom. The van der Waals surface area contributed by atoms with Crippen molar-refractivity contribution in [3.05, 3.63) is 0 Å². The molecule has 2 nitrogen and oxygen atoms in total. The summed E-state index contributed by atoms with van der Waals surface area (Å²) in [5.74, 6) is 0. The van der Waals surface area contributed by atoms with Crippen molar-refractivity contribution in [2.75, 3.05) is 13.1 Å². The molecule has 0 unspecified atom stereocenters. The highest BCUT2D eigenvalue weighted by Crippen LogP contribution is 2.22. The van der Waals surface area contributed by atoms with E-state index in [1.54, 1.807) is 0 Å². The van der Waals surface area contributed by atoms with Crippen LogP contribution in [0.15, 0.2) is 0 Å². The van der Waals surface area contributed by atoms with Crippen molar-refractivity contribution < 1.29 is 0 Å². The number of nitrogens with zero attached hydrogens (tertiary/aromatic N) is 1. The van der Waals surface area contributed by atoms with Gasteiger partial charge in [-0.25, -0.2) is 0 Å². The molecule has 0 aromatic rings. The third-order valence-corrected chi connectivity index (χ3v) is 3.09. The van der Waals surface area contributed by atoms with Crippen molar-refractivity contribution in [2.45, 2.75) is 51.5 Å². The van der Waals surface area contributed by atoms with Crippen molar-refractivity contribution in [3.63, 3.8) is 0 Å². The topological polar surface area (TPSA) is 29.3 Å². The summed E-state index contributed by atoms with van der Waals surface area (Å²) in [4.78, 5) is 3.12. The van der Waals surface area contributed by atoms with Gasteiger partial charge in [0.15, 0.2) is 0 Å². The van der Waals surface area contributed by atoms with Crippen LogP contribution >= 0.6 is 12.2 Å². The fraction of sp³-hybridized carbons (Fsp3) is 0.909.